The van der Waals surface area contributed by atoms with Crippen molar-refractivity contribution in [3.63, 3.8) is 0 Å². The fourth-order valence-corrected chi connectivity index (χ4v) is 2.45. The minimum absolute atomic E-state index is 0.710. The van der Waals surface area contributed by atoms with Gasteiger partial charge in [-0.3, -0.25) is 0 Å². The Balaban J connectivity index is 1.83. The summed E-state index contributed by atoms with van der Waals surface area (Å²) < 4.78 is 4.99. The molecule has 0 saturated carbocycles. The van der Waals surface area contributed by atoms with Gasteiger partial charge in [-0.05, 0) is 18.2 Å². The summed E-state index contributed by atoms with van der Waals surface area (Å²) in [5.41, 5.74) is 1.01. The molecule has 0 amide bonds. The third-order valence-corrected chi connectivity index (χ3v) is 3.67. The number of thioether (sulfide) groups is 1. The van der Waals surface area contributed by atoms with E-state index in [9.17, 15) is 0 Å². The summed E-state index contributed by atoms with van der Waals surface area (Å²) in [6, 6.07) is 12.2. The van der Waals surface area contributed by atoms with Crippen LogP contribution in [0.4, 0.5) is 0 Å². The zero-order valence-corrected chi connectivity index (χ0v) is 12.4. The van der Waals surface area contributed by atoms with Crippen molar-refractivity contribution < 1.29 is 4.74 Å². The predicted molar refractivity (Wildman–Crippen MR) is 81.6 cm³/mol. The van der Waals surface area contributed by atoms with Crippen LogP contribution in [0.15, 0.2) is 47.5 Å². The summed E-state index contributed by atoms with van der Waals surface area (Å²) in [6.45, 7) is 2.28. The first-order valence-electron chi connectivity index (χ1n) is 6.57. The number of nitrogens with zero attached hydrogens (tertiary/aromatic N) is 2. The molecule has 0 aliphatic heterocycles. The van der Waals surface area contributed by atoms with Gasteiger partial charge in [-0.25, -0.2) is 9.97 Å². The SMILES string of the molecule is COCCNCc1ccnc(CSc2ccccc2)n1. The largest absolute Gasteiger partial charge is 0.383 e. The minimum atomic E-state index is 0.710. The average Bonchev–Trinajstić information content (AvgIpc) is 2.51. The predicted octanol–water partition coefficient (Wildman–Crippen LogP) is 2.50. The summed E-state index contributed by atoms with van der Waals surface area (Å²) in [6.07, 6.45) is 1.82. The molecule has 0 unspecified atom stereocenters. The van der Waals surface area contributed by atoms with Gasteiger partial charge in [0, 0.05) is 31.3 Å². The second-order valence-electron chi connectivity index (χ2n) is 4.24. The molecule has 0 saturated heterocycles. The van der Waals surface area contributed by atoms with Crippen molar-refractivity contribution in [3.05, 3.63) is 54.1 Å². The van der Waals surface area contributed by atoms with E-state index in [4.69, 9.17) is 4.74 Å². The quantitative estimate of drug-likeness (QED) is 0.597. The summed E-state index contributed by atoms with van der Waals surface area (Å²) in [5, 5.41) is 3.28. The van der Waals surface area contributed by atoms with Crippen LogP contribution in [0.3, 0.4) is 0 Å². The van der Waals surface area contributed by atoms with Crippen molar-refractivity contribution in [2.45, 2.75) is 17.2 Å². The molecule has 0 spiro atoms. The van der Waals surface area contributed by atoms with Crippen molar-refractivity contribution in [3.8, 4) is 0 Å². The number of hydrogen-bond donors (Lipinski definition) is 1. The van der Waals surface area contributed by atoms with Gasteiger partial charge in [0.1, 0.15) is 5.82 Å². The lowest BCUT2D eigenvalue weighted by Gasteiger charge is -2.05. The third kappa shape index (κ3) is 5.28. The number of rotatable bonds is 8. The van der Waals surface area contributed by atoms with Gasteiger partial charge in [0.2, 0.25) is 0 Å². The molecule has 0 radical (unpaired) electrons. The Hall–Kier alpha value is -1.43. The van der Waals surface area contributed by atoms with E-state index in [-0.39, 0.29) is 0 Å². The number of nitrogens with one attached hydrogen (secondary N) is 1. The molecule has 2 aromatic rings. The molecule has 0 aliphatic rings. The van der Waals surface area contributed by atoms with Gasteiger partial charge < -0.3 is 10.1 Å². The second kappa shape index (κ2) is 8.68. The molecule has 20 heavy (non-hydrogen) atoms. The van der Waals surface area contributed by atoms with Crippen LogP contribution in [-0.4, -0.2) is 30.2 Å². The van der Waals surface area contributed by atoms with Crippen molar-refractivity contribution in [1.29, 1.82) is 0 Å². The summed E-state index contributed by atoms with van der Waals surface area (Å²) >= 11 is 1.75. The van der Waals surface area contributed by atoms with E-state index < -0.39 is 0 Å². The molecule has 2 rings (SSSR count). The molecule has 0 atom stereocenters. The van der Waals surface area contributed by atoms with Crippen LogP contribution < -0.4 is 5.32 Å². The van der Waals surface area contributed by atoms with Crippen LogP contribution in [0, 0.1) is 0 Å². The number of aromatic nitrogens is 2. The van der Waals surface area contributed by atoms with Crippen LogP contribution in [0.2, 0.25) is 0 Å². The zero-order chi connectivity index (χ0) is 14.0. The van der Waals surface area contributed by atoms with E-state index in [1.807, 2.05) is 30.5 Å². The lowest BCUT2D eigenvalue weighted by atomic mass is 10.4. The van der Waals surface area contributed by atoms with Crippen molar-refractivity contribution in [2.75, 3.05) is 20.3 Å². The lowest BCUT2D eigenvalue weighted by Crippen LogP contribution is -2.19. The fraction of sp³-hybridized carbons (Fsp3) is 0.333. The highest BCUT2D eigenvalue weighted by atomic mass is 32.2. The average molecular weight is 289 g/mol. The molecule has 0 fully saturated rings. The van der Waals surface area contributed by atoms with Crippen LogP contribution in [0.1, 0.15) is 11.5 Å². The van der Waals surface area contributed by atoms with E-state index in [1.165, 1.54) is 4.90 Å². The van der Waals surface area contributed by atoms with Crippen molar-refractivity contribution in [2.24, 2.45) is 0 Å². The highest BCUT2D eigenvalue weighted by Crippen LogP contribution is 2.20. The molecule has 0 bridgehead atoms. The zero-order valence-electron chi connectivity index (χ0n) is 11.6. The van der Waals surface area contributed by atoms with E-state index in [1.54, 1.807) is 18.9 Å². The maximum atomic E-state index is 4.99. The van der Waals surface area contributed by atoms with Crippen LogP contribution >= 0.6 is 11.8 Å². The molecule has 1 aromatic carbocycles. The molecule has 0 aliphatic carbocycles. The van der Waals surface area contributed by atoms with Gasteiger partial charge in [-0.1, -0.05) is 18.2 Å². The maximum absolute atomic E-state index is 4.99. The van der Waals surface area contributed by atoms with E-state index in [2.05, 4.69) is 27.4 Å². The van der Waals surface area contributed by atoms with Gasteiger partial charge >= 0.3 is 0 Å². The lowest BCUT2D eigenvalue weighted by molar-refractivity contribution is 0.199. The molecule has 5 heteroatoms. The van der Waals surface area contributed by atoms with Crippen LogP contribution in [0.25, 0.3) is 0 Å². The maximum Gasteiger partial charge on any atom is 0.138 e. The molecular formula is C15H19N3OS. The first-order chi connectivity index (χ1) is 9.88. The topological polar surface area (TPSA) is 47.0 Å². The first-order valence-corrected chi connectivity index (χ1v) is 7.55. The van der Waals surface area contributed by atoms with Crippen molar-refractivity contribution in [1.82, 2.24) is 15.3 Å². The van der Waals surface area contributed by atoms with E-state index in [0.717, 1.165) is 30.4 Å². The standard InChI is InChI=1S/C15H19N3OS/c1-19-10-9-16-11-13-7-8-17-15(18-13)12-20-14-5-3-2-4-6-14/h2-8,16H,9-12H2,1H3. The minimum Gasteiger partial charge on any atom is -0.383 e. The first kappa shape index (κ1) is 15.0. The van der Waals surface area contributed by atoms with Gasteiger partial charge in [0.05, 0.1) is 18.1 Å². The Labute approximate surface area is 124 Å². The van der Waals surface area contributed by atoms with Gasteiger partial charge in [-0.15, -0.1) is 11.8 Å². The van der Waals surface area contributed by atoms with E-state index >= 15 is 0 Å². The number of benzene rings is 1. The second-order valence-corrected chi connectivity index (χ2v) is 5.28. The van der Waals surface area contributed by atoms with E-state index in [0.29, 0.717) is 6.61 Å². The highest BCUT2D eigenvalue weighted by molar-refractivity contribution is 7.98. The molecule has 106 valence electrons. The number of methoxy groups -OCH3 is 1. The molecule has 4 nitrogen and oxygen atoms in total. The Morgan fingerprint density at radius 1 is 1.20 bits per heavy atom. The monoisotopic (exact) mass is 289 g/mol. The summed E-state index contributed by atoms with van der Waals surface area (Å²) in [7, 11) is 1.70. The Kier molecular flexibility index (Phi) is 6.50. The summed E-state index contributed by atoms with van der Waals surface area (Å²) in [5.74, 6) is 1.65. The smallest absolute Gasteiger partial charge is 0.138 e. The van der Waals surface area contributed by atoms with Crippen LogP contribution in [-0.2, 0) is 17.0 Å². The molecular weight excluding hydrogens is 270 g/mol. The Morgan fingerprint density at radius 2 is 2.05 bits per heavy atom. The van der Waals surface area contributed by atoms with Gasteiger partial charge in [0.15, 0.2) is 0 Å². The molecule has 1 aromatic heterocycles. The molecule has 1 N–H and O–H groups in total. The fourth-order valence-electron chi connectivity index (χ4n) is 1.66. The number of ether oxygens (including phenoxy) is 1. The molecule has 1 heterocycles. The Morgan fingerprint density at radius 3 is 2.85 bits per heavy atom. The highest BCUT2D eigenvalue weighted by Gasteiger charge is 2.01. The van der Waals surface area contributed by atoms with Gasteiger partial charge in [-0.2, -0.15) is 0 Å². The van der Waals surface area contributed by atoms with Gasteiger partial charge in [0.25, 0.3) is 0 Å². The Bertz CT molecular complexity index is 507. The normalized spacial score (nSPS) is 10.7. The van der Waals surface area contributed by atoms with Crippen LogP contribution in [0.5, 0.6) is 0 Å². The third-order valence-electron chi connectivity index (χ3n) is 2.66. The number of hydrogen-bond acceptors (Lipinski definition) is 5. The van der Waals surface area contributed by atoms with Crippen molar-refractivity contribution >= 4 is 11.8 Å². The summed E-state index contributed by atoms with van der Waals surface area (Å²) in [4.78, 5) is 10.1.